The molecule has 0 amide bonds. The molecule has 2 rings (SSSR count). The third-order valence-corrected chi connectivity index (χ3v) is 4.17. The Labute approximate surface area is 90.2 Å². The van der Waals surface area contributed by atoms with Crippen LogP contribution in [-0.4, -0.2) is 11.4 Å². The number of thiol groups is 1. The monoisotopic (exact) mass is 228 g/mol. The van der Waals surface area contributed by atoms with Crippen LogP contribution in [0.5, 0.6) is 5.75 Å². The quantitative estimate of drug-likeness (QED) is 0.574. The molecular weight excluding hydrogens is 220 g/mol. The van der Waals surface area contributed by atoms with Gasteiger partial charge in [-0.2, -0.15) is 0 Å². The Morgan fingerprint density at radius 2 is 2.23 bits per heavy atom. The van der Waals surface area contributed by atoms with Gasteiger partial charge in [0, 0.05) is 20.6 Å². The molecule has 13 heavy (non-hydrogen) atoms. The van der Waals surface area contributed by atoms with Crippen LogP contribution in [0, 0.1) is 0 Å². The highest BCUT2D eigenvalue weighted by Crippen LogP contribution is 2.40. The van der Waals surface area contributed by atoms with Crippen molar-refractivity contribution >= 4 is 45.8 Å². The standard InChI is InChI=1S/C9H8OS3/c1-12-7-4-13-9-5(7)2-3-6(11)8(9)10/h2-4,10-11H,1H3. The van der Waals surface area contributed by atoms with Gasteiger partial charge in [0.15, 0.2) is 0 Å². The largest absolute Gasteiger partial charge is 0.505 e. The summed E-state index contributed by atoms with van der Waals surface area (Å²) in [5, 5.41) is 12.9. The topological polar surface area (TPSA) is 20.2 Å². The molecule has 1 nitrogen and oxygen atoms in total. The van der Waals surface area contributed by atoms with Gasteiger partial charge < -0.3 is 5.11 Å². The Morgan fingerprint density at radius 3 is 2.92 bits per heavy atom. The van der Waals surface area contributed by atoms with Crippen LogP contribution in [0.25, 0.3) is 10.1 Å². The first-order valence-corrected chi connectivity index (χ1v) is 6.25. The molecular formula is C9H8OS3. The summed E-state index contributed by atoms with van der Waals surface area (Å²) in [6, 6.07) is 3.83. The summed E-state index contributed by atoms with van der Waals surface area (Å²) in [4.78, 5) is 1.85. The molecule has 0 atom stereocenters. The van der Waals surface area contributed by atoms with Crippen molar-refractivity contribution in [3.8, 4) is 5.75 Å². The molecule has 1 heterocycles. The van der Waals surface area contributed by atoms with Crippen LogP contribution in [0.3, 0.4) is 0 Å². The van der Waals surface area contributed by atoms with E-state index in [0.717, 1.165) is 10.1 Å². The van der Waals surface area contributed by atoms with Crippen molar-refractivity contribution in [1.29, 1.82) is 0 Å². The molecule has 4 heteroatoms. The molecule has 0 spiro atoms. The van der Waals surface area contributed by atoms with E-state index in [1.807, 2.05) is 18.4 Å². The van der Waals surface area contributed by atoms with Gasteiger partial charge in [0.1, 0.15) is 5.75 Å². The Hall–Kier alpha value is -0.320. The minimum absolute atomic E-state index is 0.297. The van der Waals surface area contributed by atoms with Gasteiger partial charge in [0.2, 0.25) is 0 Å². The molecule has 0 radical (unpaired) electrons. The number of phenolic OH excluding ortho intramolecular Hbond substituents is 1. The number of benzene rings is 1. The van der Waals surface area contributed by atoms with E-state index in [2.05, 4.69) is 18.0 Å². The van der Waals surface area contributed by atoms with Gasteiger partial charge >= 0.3 is 0 Å². The average molecular weight is 228 g/mol. The van der Waals surface area contributed by atoms with Crippen molar-refractivity contribution in [2.24, 2.45) is 0 Å². The first-order chi connectivity index (χ1) is 6.24. The number of phenols is 1. The maximum atomic E-state index is 9.69. The molecule has 0 fully saturated rings. The number of fused-ring (bicyclic) bond motifs is 1. The fourth-order valence-electron chi connectivity index (χ4n) is 1.21. The van der Waals surface area contributed by atoms with Crippen molar-refractivity contribution in [3.63, 3.8) is 0 Å². The number of thioether (sulfide) groups is 1. The third kappa shape index (κ3) is 1.43. The lowest BCUT2D eigenvalue weighted by atomic mass is 10.2. The van der Waals surface area contributed by atoms with Crippen LogP contribution in [0.2, 0.25) is 0 Å². The summed E-state index contributed by atoms with van der Waals surface area (Å²) in [5.41, 5.74) is 0. The maximum absolute atomic E-state index is 9.69. The average Bonchev–Trinajstić information content (AvgIpc) is 2.55. The molecule has 0 saturated carbocycles. The van der Waals surface area contributed by atoms with Gasteiger partial charge in [-0.1, -0.05) is 6.07 Å². The summed E-state index contributed by atoms with van der Waals surface area (Å²) < 4.78 is 0.928. The van der Waals surface area contributed by atoms with E-state index in [1.54, 1.807) is 23.1 Å². The minimum atomic E-state index is 0.297. The lowest BCUT2D eigenvalue weighted by Gasteiger charge is -1.99. The van der Waals surface area contributed by atoms with Crippen LogP contribution < -0.4 is 0 Å². The molecule has 0 aliphatic rings. The fourth-order valence-corrected chi connectivity index (χ4v) is 3.33. The second-order valence-electron chi connectivity index (χ2n) is 2.61. The first-order valence-electron chi connectivity index (χ1n) is 3.70. The van der Waals surface area contributed by atoms with Gasteiger partial charge in [-0.25, -0.2) is 0 Å². The maximum Gasteiger partial charge on any atom is 0.146 e. The van der Waals surface area contributed by atoms with Crippen molar-refractivity contribution in [2.75, 3.05) is 6.26 Å². The number of hydrogen-bond acceptors (Lipinski definition) is 4. The highest BCUT2D eigenvalue weighted by molar-refractivity contribution is 7.99. The van der Waals surface area contributed by atoms with Gasteiger partial charge in [-0.05, 0) is 12.3 Å². The molecule has 68 valence electrons. The fraction of sp³-hybridized carbons (Fsp3) is 0.111. The lowest BCUT2D eigenvalue weighted by molar-refractivity contribution is 0.470. The summed E-state index contributed by atoms with van der Waals surface area (Å²) in [6.07, 6.45) is 2.03. The molecule has 0 unspecified atom stereocenters. The Bertz CT molecular complexity index is 447. The van der Waals surface area contributed by atoms with Gasteiger partial charge in [-0.15, -0.1) is 35.7 Å². The Balaban J connectivity index is 2.81. The second kappa shape index (κ2) is 3.44. The van der Waals surface area contributed by atoms with E-state index < -0.39 is 0 Å². The zero-order valence-electron chi connectivity index (χ0n) is 6.94. The highest BCUT2D eigenvalue weighted by Gasteiger charge is 2.08. The lowest BCUT2D eigenvalue weighted by Crippen LogP contribution is -1.71. The van der Waals surface area contributed by atoms with Gasteiger partial charge in [-0.3, -0.25) is 0 Å². The van der Waals surface area contributed by atoms with Crippen molar-refractivity contribution in [2.45, 2.75) is 9.79 Å². The zero-order chi connectivity index (χ0) is 9.42. The van der Waals surface area contributed by atoms with Crippen LogP contribution in [0.4, 0.5) is 0 Å². The van der Waals surface area contributed by atoms with E-state index in [0.29, 0.717) is 10.6 Å². The number of thiophene rings is 1. The zero-order valence-corrected chi connectivity index (χ0v) is 9.47. The molecule has 0 aliphatic heterocycles. The highest BCUT2D eigenvalue weighted by atomic mass is 32.2. The predicted molar refractivity (Wildman–Crippen MR) is 62.5 cm³/mol. The molecule has 1 aromatic carbocycles. The minimum Gasteiger partial charge on any atom is -0.505 e. The van der Waals surface area contributed by atoms with Crippen LogP contribution >= 0.6 is 35.7 Å². The second-order valence-corrected chi connectivity index (χ2v) is 4.82. The molecule has 1 N–H and O–H groups in total. The van der Waals surface area contributed by atoms with Crippen LogP contribution in [0.1, 0.15) is 0 Å². The summed E-state index contributed by atoms with van der Waals surface area (Å²) in [5.74, 6) is 0.297. The summed E-state index contributed by atoms with van der Waals surface area (Å²) in [7, 11) is 0. The van der Waals surface area contributed by atoms with Crippen molar-refractivity contribution in [3.05, 3.63) is 17.5 Å². The van der Waals surface area contributed by atoms with E-state index in [9.17, 15) is 5.11 Å². The molecule has 0 saturated heterocycles. The third-order valence-electron chi connectivity index (χ3n) is 1.88. The molecule has 0 aliphatic carbocycles. The number of aromatic hydroxyl groups is 1. The van der Waals surface area contributed by atoms with E-state index in [1.165, 1.54) is 4.90 Å². The molecule has 1 aromatic heterocycles. The number of rotatable bonds is 1. The van der Waals surface area contributed by atoms with E-state index >= 15 is 0 Å². The summed E-state index contributed by atoms with van der Waals surface area (Å²) >= 11 is 7.42. The Morgan fingerprint density at radius 1 is 1.46 bits per heavy atom. The van der Waals surface area contributed by atoms with E-state index in [-0.39, 0.29) is 0 Å². The van der Waals surface area contributed by atoms with Crippen molar-refractivity contribution in [1.82, 2.24) is 0 Å². The smallest absolute Gasteiger partial charge is 0.146 e. The van der Waals surface area contributed by atoms with Crippen LogP contribution in [0.15, 0.2) is 27.3 Å². The Kier molecular flexibility index (Phi) is 2.45. The molecule has 2 aromatic rings. The van der Waals surface area contributed by atoms with Gasteiger partial charge in [0.05, 0.1) is 4.70 Å². The van der Waals surface area contributed by atoms with Crippen LogP contribution in [-0.2, 0) is 0 Å². The normalized spacial score (nSPS) is 10.9. The molecule has 0 bridgehead atoms. The van der Waals surface area contributed by atoms with Crippen molar-refractivity contribution < 1.29 is 5.11 Å². The number of hydrogen-bond donors (Lipinski definition) is 2. The predicted octanol–water partition coefficient (Wildman–Crippen LogP) is 3.62. The summed E-state index contributed by atoms with van der Waals surface area (Å²) in [6.45, 7) is 0. The SMILES string of the molecule is CSc1csc2c(O)c(S)ccc12. The van der Waals surface area contributed by atoms with E-state index in [4.69, 9.17) is 0 Å². The van der Waals surface area contributed by atoms with Gasteiger partial charge in [0.25, 0.3) is 0 Å². The first kappa shape index (κ1) is 9.24.